The molecule has 0 saturated carbocycles. The Bertz CT molecular complexity index is 878. The molecule has 3 N–H and O–H groups in total. The van der Waals surface area contributed by atoms with Gasteiger partial charge in [0.25, 0.3) is 0 Å². The molecule has 0 aliphatic carbocycles. The van der Waals surface area contributed by atoms with Gasteiger partial charge < -0.3 is 20.2 Å². The first-order valence-corrected chi connectivity index (χ1v) is 9.33. The van der Waals surface area contributed by atoms with Crippen LogP contribution in [0.3, 0.4) is 0 Å². The molecule has 1 aromatic carbocycles. The smallest absolute Gasteiger partial charge is 0.160 e. The standard InChI is InChI=1S/C19H25N3O2S/c1-12(10-20)18(24-5)14(3)13(2)11-25(6)19-21-16-8-7-15(23-4)9-17(16)22-19/h7-10H,2,6,11,20H2,1,3-5H3,(H,21,22)/b12-10-,18-14+. The summed E-state index contributed by atoms with van der Waals surface area (Å²) in [6.07, 6.45) is 1.53. The van der Waals surface area contributed by atoms with Gasteiger partial charge >= 0.3 is 0 Å². The van der Waals surface area contributed by atoms with Crippen molar-refractivity contribution >= 4 is 27.4 Å². The van der Waals surface area contributed by atoms with Gasteiger partial charge in [-0.15, -0.1) is 10.5 Å². The predicted molar refractivity (Wildman–Crippen MR) is 107 cm³/mol. The highest BCUT2D eigenvalue weighted by molar-refractivity contribution is 8.14. The molecule has 2 aromatic rings. The van der Waals surface area contributed by atoms with Gasteiger partial charge in [-0.25, -0.2) is 4.98 Å². The summed E-state index contributed by atoms with van der Waals surface area (Å²) in [4.78, 5) is 7.98. The van der Waals surface area contributed by atoms with Crippen LogP contribution in [0.2, 0.25) is 0 Å². The van der Waals surface area contributed by atoms with Crippen LogP contribution in [0.4, 0.5) is 0 Å². The lowest BCUT2D eigenvalue weighted by Gasteiger charge is -2.14. The monoisotopic (exact) mass is 359 g/mol. The van der Waals surface area contributed by atoms with Crippen LogP contribution in [0.5, 0.6) is 5.75 Å². The molecule has 1 atom stereocenters. The summed E-state index contributed by atoms with van der Waals surface area (Å²) in [7, 11) is 2.92. The molecule has 0 aliphatic heterocycles. The number of fused-ring (bicyclic) bond motifs is 1. The van der Waals surface area contributed by atoms with Gasteiger partial charge in [-0.05, 0) is 37.1 Å². The number of methoxy groups -OCH3 is 2. The Morgan fingerprint density at radius 1 is 1.36 bits per heavy atom. The molecule has 25 heavy (non-hydrogen) atoms. The largest absolute Gasteiger partial charge is 0.497 e. The predicted octanol–water partition coefficient (Wildman–Crippen LogP) is 3.97. The highest BCUT2D eigenvalue weighted by Gasteiger charge is 2.12. The number of nitrogens with two attached hydrogens (primary N) is 1. The van der Waals surface area contributed by atoms with Crippen LogP contribution in [0, 0.1) is 0 Å². The van der Waals surface area contributed by atoms with Crippen molar-refractivity contribution in [1.29, 1.82) is 0 Å². The topological polar surface area (TPSA) is 73.2 Å². The molecule has 1 aromatic heterocycles. The third kappa shape index (κ3) is 4.14. The molecule has 2 rings (SSSR count). The number of rotatable bonds is 7. The van der Waals surface area contributed by atoms with Crippen molar-refractivity contribution in [3.63, 3.8) is 0 Å². The maximum atomic E-state index is 5.60. The Hall–Kier alpha value is -2.47. The van der Waals surface area contributed by atoms with Gasteiger partial charge in [-0.2, -0.15) is 0 Å². The van der Waals surface area contributed by atoms with Crippen LogP contribution >= 0.6 is 10.5 Å². The third-order valence-electron chi connectivity index (χ3n) is 3.97. The fraction of sp³-hybridized carbons (Fsp3) is 0.263. The molecule has 5 nitrogen and oxygen atoms in total. The average molecular weight is 359 g/mol. The number of ether oxygens (including phenoxy) is 2. The van der Waals surface area contributed by atoms with Crippen LogP contribution in [0.1, 0.15) is 13.8 Å². The van der Waals surface area contributed by atoms with E-state index in [1.807, 2.05) is 32.0 Å². The Balaban J connectivity index is 2.24. The SMILES string of the molecule is C=C(CS(=C)c1nc2cc(OC)ccc2[nH]1)/C(C)=C(OC)\C(C)=C/N. The number of aromatic amines is 1. The minimum absolute atomic E-state index is 0.356. The number of aromatic nitrogens is 2. The van der Waals surface area contributed by atoms with E-state index in [2.05, 4.69) is 22.4 Å². The van der Waals surface area contributed by atoms with E-state index >= 15 is 0 Å². The molecule has 1 heterocycles. The normalized spacial score (nSPS) is 14.2. The van der Waals surface area contributed by atoms with Gasteiger partial charge in [0.05, 0.1) is 25.3 Å². The molecule has 0 spiro atoms. The minimum atomic E-state index is -0.356. The Morgan fingerprint density at radius 2 is 2.08 bits per heavy atom. The number of allylic oxidation sites excluding steroid dienone is 2. The number of hydrogen-bond donors (Lipinski definition) is 2. The third-order valence-corrected chi connectivity index (χ3v) is 5.41. The molecule has 0 fully saturated rings. The van der Waals surface area contributed by atoms with E-state index in [-0.39, 0.29) is 10.5 Å². The first-order valence-electron chi connectivity index (χ1n) is 7.77. The first-order chi connectivity index (χ1) is 11.9. The van der Waals surface area contributed by atoms with Crippen molar-refractivity contribution in [2.24, 2.45) is 5.73 Å². The summed E-state index contributed by atoms with van der Waals surface area (Å²) in [6.45, 7) is 8.08. The van der Waals surface area contributed by atoms with Gasteiger partial charge in [0.2, 0.25) is 0 Å². The van der Waals surface area contributed by atoms with E-state index < -0.39 is 0 Å². The molecule has 1 unspecified atom stereocenters. The van der Waals surface area contributed by atoms with Gasteiger partial charge in [-0.3, -0.25) is 0 Å². The second kappa shape index (κ2) is 8.07. The van der Waals surface area contributed by atoms with Crippen LogP contribution < -0.4 is 10.5 Å². The van der Waals surface area contributed by atoms with Crippen molar-refractivity contribution in [3.05, 3.63) is 53.5 Å². The second-order valence-corrected chi connectivity index (χ2v) is 7.33. The Kier molecular flexibility index (Phi) is 6.09. The maximum Gasteiger partial charge on any atom is 0.160 e. The van der Waals surface area contributed by atoms with E-state index in [9.17, 15) is 0 Å². The maximum absolute atomic E-state index is 5.60. The molecule has 0 aliphatic rings. The van der Waals surface area contributed by atoms with Gasteiger partial charge in [0, 0.05) is 23.6 Å². The first kappa shape index (κ1) is 18.9. The summed E-state index contributed by atoms with van der Waals surface area (Å²) in [5, 5.41) is 0.849. The quantitative estimate of drug-likeness (QED) is 0.446. The van der Waals surface area contributed by atoms with Crippen LogP contribution in [-0.4, -0.2) is 35.8 Å². The number of H-pyrrole nitrogens is 1. The molecule has 0 bridgehead atoms. The van der Waals surface area contributed by atoms with Crippen molar-refractivity contribution in [3.8, 4) is 5.75 Å². The molecule has 0 radical (unpaired) electrons. The number of hydrogen-bond acceptors (Lipinski definition) is 4. The van der Waals surface area contributed by atoms with Crippen LogP contribution in [0.15, 0.2) is 58.6 Å². The highest BCUT2D eigenvalue weighted by Crippen LogP contribution is 2.30. The zero-order valence-corrected chi connectivity index (χ0v) is 16.0. The lowest BCUT2D eigenvalue weighted by atomic mass is 10.1. The number of nitrogens with zero attached hydrogens (tertiary/aromatic N) is 1. The zero-order valence-electron chi connectivity index (χ0n) is 15.2. The summed E-state index contributed by atoms with van der Waals surface area (Å²) >= 11 is 0. The van der Waals surface area contributed by atoms with Crippen molar-refractivity contribution in [2.75, 3.05) is 20.0 Å². The second-order valence-electron chi connectivity index (χ2n) is 5.67. The van der Waals surface area contributed by atoms with E-state index in [4.69, 9.17) is 15.2 Å². The van der Waals surface area contributed by atoms with Crippen molar-refractivity contribution in [2.45, 2.75) is 19.0 Å². The Morgan fingerprint density at radius 3 is 2.68 bits per heavy atom. The number of nitrogens with one attached hydrogen (secondary N) is 1. The summed E-state index contributed by atoms with van der Waals surface area (Å²) in [6, 6.07) is 5.77. The lowest BCUT2D eigenvalue weighted by Crippen LogP contribution is -2.01. The summed E-state index contributed by atoms with van der Waals surface area (Å²) in [5.74, 6) is 6.48. The average Bonchev–Trinajstić information content (AvgIpc) is 3.04. The Labute approximate surface area is 151 Å². The number of imidazole rings is 1. The van der Waals surface area contributed by atoms with Crippen LogP contribution in [0.25, 0.3) is 11.0 Å². The lowest BCUT2D eigenvalue weighted by molar-refractivity contribution is 0.297. The number of benzene rings is 1. The summed E-state index contributed by atoms with van der Waals surface area (Å²) < 4.78 is 10.7. The molecule has 0 amide bonds. The van der Waals surface area contributed by atoms with Gasteiger partial charge in [-0.1, -0.05) is 12.4 Å². The fourth-order valence-electron chi connectivity index (χ4n) is 2.46. The fourth-order valence-corrected chi connectivity index (χ4v) is 3.71. The van der Waals surface area contributed by atoms with Crippen LogP contribution in [-0.2, 0) is 4.74 Å². The minimum Gasteiger partial charge on any atom is -0.497 e. The summed E-state index contributed by atoms with van der Waals surface area (Å²) in [5.41, 5.74) is 10.2. The van der Waals surface area contributed by atoms with E-state index in [0.29, 0.717) is 5.75 Å². The van der Waals surface area contributed by atoms with E-state index in [1.54, 1.807) is 14.2 Å². The van der Waals surface area contributed by atoms with Gasteiger partial charge in [0.15, 0.2) is 5.16 Å². The van der Waals surface area contributed by atoms with E-state index in [0.717, 1.165) is 44.4 Å². The van der Waals surface area contributed by atoms with Gasteiger partial charge in [0.1, 0.15) is 11.5 Å². The molecule has 6 heteroatoms. The van der Waals surface area contributed by atoms with Crippen molar-refractivity contribution in [1.82, 2.24) is 9.97 Å². The van der Waals surface area contributed by atoms with E-state index in [1.165, 1.54) is 6.20 Å². The molecule has 134 valence electrons. The molecular formula is C19H25N3O2S. The van der Waals surface area contributed by atoms with Crippen molar-refractivity contribution < 1.29 is 9.47 Å². The molecule has 0 saturated heterocycles. The molecular weight excluding hydrogens is 334 g/mol. The zero-order chi connectivity index (χ0) is 18.6. The highest BCUT2D eigenvalue weighted by atomic mass is 32.2.